The molecule has 0 heterocycles. The molecule has 0 radical (unpaired) electrons. The molecule has 0 unspecified atom stereocenters. The monoisotopic (exact) mass is 433 g/mol. The normalized spacial score (nSPS) is 11.4. The van der Waals surface area contributed by atoms with Gasteiger partial charge in [-0.15, -0.1) is 0 Å². The van der Waals surface area contributed by atoms with Gasteiger partial charge >= 0.3 is 0 Å². The Hall–Kier alpha value is -2.51. The van der Waals surface area contributed by atoms with Crippen molar-refractivity contribution >= 4 is 40.9 Å². The molecule has 0 aliphatic carbocycles. The van der Waals surface area contributed by atoms with E-state index in [0.29, 0.717) is 18.1 Å². The van der Waals surface area contributed by atoms with E-state index in [1.807, 2.05) is 0 Å². The summed E-state index contributed by atoms with van der Waals surface area (Å²) >= 11 is 0. The van der Waals surface area contributed by atoms with Gasteiger partial charge in [0.1, 0.15) is 0 Å². The summed E-state index contributed by atoms with van der Waals surface area (Å²) in [5.74, 6) is 0. The highest BCUT2D eigenvalue weighted by Crippen LogP contribution is 2.34. The Labute approximate surface area is 189 Å². The quantitative estimate of drug-likeness (QED) is 0.367. The average Bonchev–Trinajstić information content (AvgIpc) is 2.71. The van der Waals surface area contributed by atoms with Gasteiger partial charge in [0.05, 0.1) is 0 Å². The Kier molecular flexibility index (Phi) is 7.98. The first-order chi connectivity index (χ1) is 14.8. The third kappa shape index (κ3) is 6.74. The van der Waals surface area contributed by atoms with E-state index in [-0.39, 0.29) is 0 Å². The summed E-state index contributed by atoms with van der Waals surface area (Å²) in [6.07, 6.45) is 0. The van der Waals surface area contributed by atoms with Crippen LogP contribution in [0.3, 0.4) is 0 Å². The van der Waals surface area contributed by atoms with E-state index in [9.17, 15) is 0 Å². The first-order valence-electron chi connectivity index (χ1n) is 11.2. The molecule has 0 aromatic heterocycles. The second-order valence-electron chi connectivity index (χ2n) is 8.87. The van der Waals surface area contributed by atoms with Crippen molar-refractivity contribution in [1.29, 1.82) is 0 Å². The lowest BCUT2D eigenvalue weighted by atomic mass is 10.3. The Morgan fingerprint density at radius 1 is 0.419 bits per heavy atom. The van der Waals surface area contributed by atoms with Gasteiger partial charge < -0.3 is 16.0 Å². The topological polar surface area (TPSA) is 36.1 Å². The molecule has 3 nitrogen and oxygen atoms in total. The maximum Gasteiger partial charge on any atom is 0.0342 e. The van der Waals surface area contributed by atoms with Crippen molar-refractivity contribution in [3.63, 3.8) is 0 Å². The maximum atomic E-state index is 3.49. The van der Waals surface area contributed by atoms with Gasteiger partial charge in [0.15, 0.2) is 0 Å². The number of benzene rings is 3. The molecule has 0 aliphatic rings. The van der Waals surface area contributed by atoms with Gasteiger partial charge in [-0.05, 0) is 102 Å². The molecule has 3 N–H and O–H groups in total. The van der Waals surface area contributed by atoms with Gasteiger partial charge in [-0.1, -0.05) is 36.4 Å². The Balaban J connectivity index is 1.95. The van der Waals surface area contributed by atoms with Gasteiger partial charge in [0, 0.05) is 35.2 Å². The molecular weight excluding hydrogens is 397 g/mol. The first kappa shape index (κ1) is 23.2. The van der Waals surface area contributed by atoms with Crippen molar-refractivity contribution in [1.82, 2.24) is 0 Å². The van der Waals surface area contributed by atoms with Crippen LogP contribution >= 0.6 is 7.92 Å². The summed E-state index contributed by atoms with van der Waals surface area (Å²) in [5, 5.41) is 14.6. The smallest absolute Gasteiger partial charge is 0.0342 e. The van der Waals surface area contributed by atoms with E-state index >= 15 is 0 Å². The van der Waals surface area contributed by atoms with Crippen LogP contribution in [-0.4, -0.2) is 18.1 Å². The Morgan fingerprint density at radius 2 is 0.645 bits per heavy atom. The van der Waals surface area contributed by atoms with Crippen LogP contribution < -0.4 is 31.9 Å². The number of nitrogens with one attached hydrogen (secondary N) is 3. The van der Waals surface area contributed by atoms with Crippen LogP contribution in [0.1, 0.15) is 41.5 Å². The zero-order valence-electron chi connectivity index (χ0n) is 19.6. The van der Waals surface area contributed by atoms with Crippen LogP contribution in [0.25, 0.3) is 0 Å². The van der Waals surface area contributed by atoms with Crippen molar-refractivity contribution in [2.75, 3.05) is 16.0 Å². The summed E-state index contributed by atoms with van der Waals surface area (Å²) in [7, 11) is -0.627. The molecule has 31 heavy (non-hydrogen) atoms. The summed E-state index contributed by atoms with van der Waals surface area (Å²) < 4.78 is 0. The van der Waals surface area contributed by atoms with Crippen molar-refractivity contribution in [2.45, 2.75) is 59.7 Å². The van der Waals surface area contributed by atoms with Gasteiger partial charge in [-0.25, -0.2) is 0 Å². The summed E-state index contributed by atoms with van der Waals surface area (Å²) in [5.41, 5.74) is 3.50. The molecule has 0 saturated carbocycles. The molecule has 0 atom stereocenters. The van der Waals surface area contributed by atoms with Crippen LogP contribution in [0.5, 0.6) is 0 Å². The zero-order valence-corrected chi connectivity index (χ0v) is 20.5. The predicted molar refractivity (Wildman–Crippen MR) is 141 cm³/mol. The molecule has 0 spiro atoms. The zero-order chi connectivity index (χ0) is 22.4. The van der Waals surface area contributed by atoms with Crippen molar-refractivity contribution in [2.24, 2.45) is 0 Å². The summed E-state index contributed by atoms with van der Waals surface area (Å²) in [4.78, 5) is 0. The lowest BCUT2D eigenvalue weighted by Crippen LogP contribution is -2.21. The molecule has 3 rings (SSSR count). The second-order valence-corrected chi connectivity index (χ2v) is 11.1. The highest BCUT2D eigenvalue weighted by molar-refractivity contribution is 7.79. The standard InChI is InChI=1S/C27H36N3P/c1-19(2)28-22-7-13-25(14-8-22)31(26-15-9-23(10-16-26)29-20(3)4)27-17-11-24(12-18-27)30-21(5)6/h7-21,28-30H,1-6H3. The molecule has 0 saturated heterocycles. The molecule has 164 valence electrons. The minimum Gasteiger partial charge on any atom is -0.383 e. The number of rotatable bonds is 9. The fourth-order valence-corrected chi connectivity index (χ4v) is 5.80. The van der Waals surface area contributed by atoms with E-state index in [2.05, 4.69) is 130 Å². The number of hydrogen-bond donors (Lipinski definition) is 3. The highest BCUT2D eigenvalue weighted by atomic mass is 31.1. The maximum absolute atomic E-state index is 3.49. The van der Waals surface area contributed by atoms with Crippen LogP contribution in [0.2, 0.25) is 0 Å². The van der Waals surface area contributed by atoms with Gasteiger partial charge in [0.25, 0.3) is 0 Å². The second kappa shape index (κ2) is 10.7. The minimum atomic E-state index is -0.627. The molecule has 0 bridgehead atoms. The Morgan fingerprint density at radius 3 is 0.839 bits per heavy atom. The third-order valence-electron chi connectivity index (χ3n) is 4.74. The minimum absolute atomic E-state index is 0.425. The van der Waals surface area contributed by atoms with Crippen LogP contribution in [0.15, 0.2) is 72.8 Å². The molecule has 4 heteroatoms. The fourth-order valence-electron chi connectivity index (χ4n) is 3.57. The lowest BCUT2D eigenvalue weighted by molar-refractivity contribution is 0.900. The van der Waals surface area contributed by atoms with Gasteiger partial charge in [-0.2, -0.15) is 0 Å². The fraction of sp³-hybridized carbons (Fsp3) is 0.333. The van der Waals surface area contributed by atoms with Crippen LogP contribution in [0.4, 0.5) is 17.1 Å². The van der Waals surface area contributed by atoms with Crippen molar-refractivity contribution < 1.29 is 0 Å². The van der Waals surface area contributed by atoms with Crippen molar-refractivity contribution in [3.8, 4) is 0 Å². The largest absolute Gasteiger partial charge is 0.383 e. The van der Waals surface area contributed by atoms with E-state index in [4.69, 9.17) is 0 Å². The highest BCUT2D eigenvalue weighted by Gasteiger charge is 2.17. The third-order valence-corrected chi connectivity index (χ3v) is 7.19. The van der Waals surface area contributed by atoms with E-state index < -0.39 is 7.92 Å². The summed E-state index contributed by atoms with van der Waals surface area (Å²) in [6.45, 7) is 13.0. The lowest BCUT2D eigenvalue weighted by Gasteiger charge is -2.21. The van der Waals surface area contributed by atoms with E-state index in [1.54, 1.807) is 0 Å². The van der Waals surface area contributed by atoms with Crippen molar-refractivity contribution in [3.05, 3.63) is 72.8 Å². The summed E-state index contributed by atoms with van der Waals surface area (Å²) in [6, 6.07) is 28.1. The molecule has 0 aliphatic heterocycles. The Bertz CT molecular complexity index is 803. The van der Waals surface area contributed by atoms with E-state index in [1.165, 1.54) is 33.0 Å². The van der Waals surface area contributed by atoms with E-state index in [0.717, 1.165) is 0 Å². The number of anilines is 3. The van der Waals surface area contributed by atoms with Gasteiger partial charge in [0.2, 0.25) is 0 Å². The first-order valence-corrected chi connectivity index (χ1v) is 12.6. The molecule has 3 aromatic rings. The number of hydrogen-bond acceptors (Lipinski definition) is 3. The predicted octanol–water partition coefficient (Wildman–Crippen LogP) is 5.91. The van der Waals surface area contributed by atoms with Gasteiger partial charge in [-0.3, -0.25) is 0 Å². The average molecular weight is 434 g/mol. The molecule has 0 fully saturated rings. The molecule has 0 amide bonds. The van der Waals surface area contributed by atoms with Crippen LogP contribution in [0, 0.1) is 0 Å². The molecule has 3 aromatic carbocycles. The van der Waals surface area contributed by atoms with Crippen LogP contribution in [-0.2, 0) is 0 Å². The molecular formula is C27H36N3P. The SMILES string of the molecule is CC(C)Nc1ccc(P(c2ccc(NC(C)C)cc2)c2ccc(NC(C)C)cc2)cc1.